The number of aromatic hydroxyl groups is 2. The minimum atomic E-state index is -0.903. The van der Waals surface area contributed by atoms with E-state index in [1.165, 1.54) is 12.1 Å². The van der Waals surface area contributed by atoms with Crippen molar-refractivity contribution in [3.63, 3.8) is 0 Å². The van der Waals surface area contributed by atoms with Crippen LogP contribution in [0.5, 0.6) is 11.8 Å². The third-order valence-electron chi connectivity index (χ3n) is 1.48. The zero-order chi connectivity index (χ0) is 10.7. The van der Waals surface area contributed by atoms with Crippen LogP contribution in [-0.4, -0.2) is 32.7 Å². The van der Waals surface area contributed by atoms with Crippen LogP contribution in [0, 0.1) is 0 Å². The predicted molar refractivity (Wildman–Crippen MR) is 51.2 cm³/mol. The lowest BCUT2D eigenvalue weighted by molar-refractivity contribution is -0.146. The molecule has 0 fully saturated rings. The number of hydrogen-bond acceptors (Lipinski definition) is 6. The summed E-state index contributed by atoms with van der Waals surface area (Å²) < 4.78 is 0.575. The number of hydrogen-bond donors (Lipinski definition) is 4. The molecule has 0 aliphatic rings. The summed E-state index contributed by atoms with van der Waals surface area (Å²) in [5.74, 6) is -1.45. The second-order valence-electron chi connectivity index (χ2n) is 2.54. The van der Waals surface area contributed by atoms with Gasteiger partial charge in [-0.15, -0.1) is 4.73 Å². The Labute approximate surface area is 85.3 Å². The molecule has 78 valence electrons. The van der Waals surface area contributed by atoms with Crippen LogP contribution < -0.4 is 10.6 Å². The first-order valence-corrected chi connectivity index (χ1v) is 4.37. The lowest BCUT2D eigenvalue weighted by Gasteiger charge is -2.09. The predicted octanol–water partition coefficient (Wildman–Crippen LogP) is -0.888. The van der Waals surface area contributed by atoms with Crippen LogP contribution in [-0.2, 0) is 4.79 Å². The Morgan fingerprint density at radius 1 is 1.57 bits per heavy atom. The first-order valence-electron chi connectivity index (χ1n) is 3.74. The molecule has 0 aromatic carbocycles. The van der Waals surface area contributed by atoms with E-state index in [2.05, 4.69) is 17.5 Å². The van der Waals surface area contributed by atoms with E-state index >= 15 is 0 Å². The highest BCUT2D eigenvalue weighted by atomic mass is 32.1. The van der Waals surface area contributed by atoms with Gasteiger partial charge in [-0.1, -0.05) is 0 Å². The maximum Gasteiger partial charge on any atom is 0.350 e. The number of aromatic nitrogens is 1. The lowest BCUT2D eigenvalue weighted by Crippen LogP contribution is -2.38. The normalized spacial score (nSPS) is 12.4. The van der Waals surface area contributed by atoms with Crippen LogP contribution >= 0.6 is 12.6 Å². The van der Waals surface area contributed by atoms with Crippen molar-refractivity contribution in [2.45, 2.75) is 6.04 Å². The highest BCUT2D eigenvalue weighted by molar-refractivity contribution is 7.80. The van der Waals surface area contributed by atoms with Gasteiger partial charge in [0.15, 0.2) is 0 Å². The molecule has 0 unspecified atom stereocenters. The molecular weight excluding hydrogens is 208 g/mol. The van der Waals surface area contributed by atoms with Crippen LogP contribution in [0.2, 0.25) is 0 Å². The van der Waals surface area contributed by atoms with Gasteiger partial charge in [0.2, 0.25) is 11.8 Å². The van der Waals surface area contributed by atoms with Gasteiger partial charge in [0.25, 0.3) is 0 Å². The van der Waals surface area contributed by atoms with Crippen LogP contribution in [0.1, 0.15) is 0 Å². The van der Waals surface area contributed by atoms with Gasteiger partial charge in [-0.3, -0.25) is 0 Å². The topological polar surface area (TPSA) is 97.7 Å². The average Bonchev–Trinajstić information content (AvgIpc) is 2.48. The third kappa shape index (κ3) is 2.12. The molecule has 1 heterocycles. The quantitative estimate of drug-likeness (QED) is 0.493. The highest BCUT2D eigenvalue weighted by Crippen LogP contribution is 2.18. The molecule has 0 saturated carbocycles. The van der Waals surface area contributed by atoms with Gasteiger partial charge in [-0.25, -0.2) is 4.79 Å². The monoisotopic (exact) mass is 218 g/mol. The van der Waals surface area contributed by atoms with Gasteiger partial charge < -0.3 is 20.8 Å². The van der Waals surface area contributed by atoms with E-state index < -0.39 is 12.0 Å². The minimum absolute atomic E-state index is 0.113. The van der Waals surface area contributed by atoms with Crippen molar-refractivity contribution in [2.75, 3.05) is 5.75 Å². The molecule has 1 atom stereocenters. The summed E-state index contributed by atoms with van der Waals surface area (Å²) in [4.78, 5) is 15.7. The van der Waals surface area contributed by atoms with Crippen LogP contribution in [0.25, 0.3) is 0 Å². The molecule has 0 spiro atoms. The third-order valence-corrected chi connectivity index (χ3v) is 1.87. The lowest BCUT2D eigenvalue weighted by atomic mass is 10.4. The number of carbonyl (C=O) groups excluding carboxylic acids is 1. The fraction of sp³-hybridized carbons (Fsp3) is 0.286. The molecule has 0 radical (unpaired) electrons. The summed E-state index contributed by atoms with van der Waals surface area (Å²) >= 11 is 3.80. The zero-order valence-electron chi connectivity index (χ0n) is 7.12. The van der Waals surface area contributed by atoms with Crippen LogP contribution in [0.4, 0.5) is 0 Å². The van der Waals surface area contributed by atoms with E-state index in [-0.39, 0.29) is 17.5 Å². The molecule has 1 aromatic heterocycles. The Morgan fingerprint density at radius 2 is 2.07 bits per heavy atom. The molecule has 6 nitrogen and oxygen atoms in total. The Bertz CT molecular complexity index is 319. The van der Waals surface area contributed by atoms with E-state index in [1.807, 2.05) is 0 Å². The Morgan fingerprint density at radius 3 is 2.50 bits per heavy atom. The van der Waals surface area contributed by atoms with E-state index in [0.717, 1.165) is 0 Å². The second-order valence-corrected chi connectivity index (χ2v) is 2.91. The molecule has 1 rings (SSSR count). The van der Waals surface area contributed by atoms with Crippen molar-refractivity contribution < 1.29 is 19.8 Å². The van der Waals surface area contributed by atoms with Gasteiger partial charge in [-0.2, -0.15) is 12.6 Å². The van der Waals surface area contributed by atoms with Gasteiger partial charge in [-0.05, 0) is 0 Å². The standard InChI is InChI=1S/C7H10N2O4S/c8-4(3-14)7(12)13-9-5(10)1-2-6(9)11/h1-2,4,10-11,14H,3,8H2/t4-/m0/s1. The van der Waals surface area contributed by atoms with Crippen molar-refractivity contribution in [1.82, 2.24) is 4.73 Å². The molecular formula is C7H10N2O4S. The smallest absolute Gasteiger partial charge is 0.350 e. The summed E-state index contributed by atoms with van der Waals surface area (Å²) in [6.45, 7) is 0. The molecule has 0 aliphatic heterocycles. The van der Waals surface area contributed by atoms with Gasteiger partial charge in [0.05, 0.1) is 0 Å². The Kier molecular flexibility index (Phi) is 3.26. The number of rotatable bonds is 3. The van der Waals surface area contributed by atoms with E-state index in [9.17, 15) is 4.79 Å². The van der Waals surface area contributed by atoms with Crippen molar-refractivity contribution in [2.24, 2.45) is 5.73 Å². The number of carbonyl (C=O) groups is 1. The van der Waals surface area contributed by atoms with Crippen LogP contribution in [0.15, 0.2) is 12.1 Å². The van der Waals surface area contributed by atoms with Crippen molar-refractivity contribution in [3.05, 3.63) is 12.1 Å². The number of nitrogens with two attached hydrogens (primary N) is 1. The maximum absolute atomic E-state index is 11.1. The SMILES string of the molecule is N[C@@H](CS)C(=O)On1c(O)ccc1O. The summed E-state index contributed by atoms with van der Waals surface area (Å²) in [7, 11) is 0. The molecule has 0 saturated heterocycles. The molecule has 4 N–H and O–H groups in total. The minimum Gasteiger partial charge on any atom is -0.492 e. The molecule has 0 bridgehead atoms. The number of nitrogens with zero attached hydrogens (tertiary/aromatic N) is 1. The molecule has 1 aromatic rings. The van der Waals surface area contributed by atoms with E-state index in [1.54, 1.807) is 0 Å². The van der Waals surface area contributed by atoms with Crippen molar-refractivity contribution >= 4 is 18.6 Å². The van der Waals surface area contributed by atoms with Gasteiger partial charge in [0.1, 0.15) is 6.04 Å². The largest absolute Gasteiger partial charge is 0.492 e. The fourth-order valence-corrected chi connectivity index (χ4v) is 0.877. The van der Waals surface area contributed by atoms with Gasteiger partial charge in [0, 0.05) is 17.9 Å². The van der Waals surface area contributed by atoms with Crippen LogP contribution in [0.3, 0.4) is 0 Å². The molecule has 7 heteroatoms. The van der Waals surface area contributed by atoms with E-state index in [4.69, 9.17) is 15.9 Å². The zero-order valence-corrected chi connectivity index (χ0v) is 8.02. The van der Waals surface area contributed by atoms with Crippen molar-refractivity contribution in [3.8, 4) is 11.8 Å². The number of thiol groups is 1. The fourth-order valence-electron chi connectivity index (χ4n) is 0.728. The summed E-state index contributed by atoms with van der Waals surface area (Å²) in [5, 5.41) is 18.2. The van der Waals surface area contributed by atoms with Gasteiger partial charge >= 0.3 is 5.97 Å². The Hall–Kier alpha value is -1.34. The summed E-state index contributed by atoms with van der Waals surface area (Å²) in [6.07, 6.45) is 0. The maximum atomic E-state index is 11.1. The molecule has 14 heavy (non-hydrogen) atoms. The average molecular weight is 218 g/mol. The summed E-state index contributed by atoms with van der Waals surface area (Å²) in [5.41, 5.74) is 5.31. The second kappa shape index (κ2) is 4.25. The summed E-state index contributed by atoms with van der Waals surface area (Å²) in [6, 6.07) is 1.45. The van der Waals surface area contributed by atoms with Crippen molar-refractivity contribution in [1.29, 1.82) is 0 Å². The first-order chi connectivity index (χ1) is 6.56. The molecule has 0 aliphatic carbocycles. The first kappa shape index (κ1) is 10.7. The van der Waals surface area contributed by atoms with E-state index in [0.29, 0.717) is 4.73 Å². The highest BCUT2D eigenvalue weighted by Gasteiger charge is 2.17. The Balaban J connectivity index is 2.74. The molecule has 0 amide bonds.